The van der Waals surface area contributed by atoms with Crippen molar-refractivity contribution in [3.05, 3.63) is 0 Å². The van der Waals surface area contributed by atoms with Gasteiger partial charge in [0.25, 0.3) is 0 Å². The molecule has 0 aromatic rings. The summed E-state index contributed by atoms with van der Waals surface area (Å²) in [5.41, 5.74) is 0. The molecule has 0 radical (unpaired) electrons. The zero-order chi connectivity index (χ0) is 18.3. The monoisotopic (exact) mass is 491 g/mol. The maximum absolute atomic E-state index is 12.8. The van der Waals surface area contributed by atoms with Gasteiger partial charge in [-0.1, -0.05) is 12.8 Å². The average molecular weight is 491 g/mol. The minimum Gasteiger partial charge on any atom is -0.355 e. The Kier molecular flexibility index (Phi) is 10.5. The molecule has 1 N–H and O–H groups in total. The topological polar surface area (TPSA) is 34.1 Å². The van der Waals surface area contributed by atoms with E-state index in [9.17, 15) is 13.2 Å². The largest absolute Gasteiger partial charge is 0.403 e. The number of nitrogens with zero attached hydrogens (tertiary/aromatic N) is 4. The number of likely N-dealkylation sites (tertiary alicyclic amines) is 1. The second-order valence-corrected chi connectivity index (χ2v) is 6.97. The first-order valence-electron chi connectivity index (χ1n) is 9.40. The molecule has 2 aliphatic rings. The molecule has 0 amide bonds. The van der Waals surface area contributed by atoms with E-state index in [1.54, 1.807) is 7.05 Å². The van der Waals surface area contributed by atoms with Crippen molar-refractivity contribution in [3.8, 4) is 0 Å². The van der Waals surface area contributed by atoms with Gasteiger partial charge in [-0.2, -0.15) is 13.2 Å². The third-order valence-corrected chi connectivity index (χ3v) is 5.26. The number of guanidine groups is 1. The van der Waals surface area contributed by atoms with Crippen molar-refractivity contribution in [3.63, 3.8) is 0 Å². The average Bonchev–Trinajstić information content (AvgIpc) is 2.86. The number of rotatable bonds is 4. The molecule has 0 aromatic carbocycles. The van der Waals surface area contributed by atoms with Crippen molar-refractivity contribution in [1.29, 1.82) is 0 Å². The molecule has 2 rings (SSSR count). The maximum Gasteiger partial charge on any atom is 0.403 e. The molecule has 26 heavy (non-hydrogen) atoms. The summed E-state index contributed by atoms with van der Waals surface area (Å²) in [6.45, 7) is 7.34. The third-order valence-electron chi connectivity index (χ3n) is 5.26. The zero-order valence-corrected chi connectivity index (χ0v) is 18.2. The lowest BCUT2D eigenvalue weighted by Gasteiger charge is -2.39. The van der Waals surface area contributed by atoms with Crippen LogP contribution in [0.2, 0.25) is 0 Å². The Morgan fingerprint density at radius 1 is 1.00 bits per heavy atom. The molecule has 154 valence electrons. The smallest absolute Gasteiger partial charge is 0.355 e. The lowest BCUT2D eigenvalue weighted by molar-refractivity contribution is -0.181. The molecule has 9 heteroatoms. The first-order valence-corrected chi connectivity index (χ1v) is 9.40. The lowest BCUT2D eigenvalue weighted by atomic mass is 10.2. The molecule has 0 saturated carbocycles. The van der Waals surface area contributed by atoms with Crippen LogP contribution in [-0.2, 0) is 0 Å². The van der Waals surface area contributed by atoms with Crippen molar-refractivity contribution >= 4 is 29.9 Å². The minimum absolute atomic E-state index is 0. The predicted octanol–water partition coefficient (Wildman–Crippen LogP) is 2.62. The van der Waals surface area contributed by atoms with Crippen molar-refractivity contribution in [2.45, 2.75) is 44.8 Å². The quantitative estimate of drug-likeness (QED) is 0.373. The number of nitrogens with one attached hydrogen (secondary N) is 1. The van der Waals surface area contributed by atoms with E-state index in [1.165, 1.54) is 37.5 Å². The van der Waals surface area contributed by atoms with Gasteiger partial charge in [0.1, 0.15) is 6.04 Å². The van der Waals surface area contributed by atoms with Crippen molar-refractivity contribution < 1.29 is 13.2 Å². The predicted molar refractivity (Wildman–Crippen MR) is 110 cm³/mol. The zero-order valence-electron chi connectivity index (χ0n) is 15.9. The summed E-state index contributed by atoms with van der Waals surface area (Å²) in [4.78, 5) is 10.3. The van der Waals surface area contributed by atoms with E-state index in [4.69, 9.17) is 0 Å². The first-order chi connectivity index (χ1) is 11.9. The van der Waals surface area contributed by atoms with E-state index in [0.29, 0.717) is 26.2 Å². The molecule has 1 unspecified atom stereocenters. The van der Waals surface area contributed by atoms with Gasteiger partial charge < -0.3 is 15.1 Å². The van der Waals surface area contributed by atoms with Crippen LogP contribution >= 0.6 is 24.0 Å². The highest BCUT2D eigenvalue weighted by atomic mass is 127. The van der Waals surface area contributed by atoms with Crippen LogP contribution in [-0.4, -0.2) is 92.3 Å². The second kappa shape index (κ2) is 11.5. The first kappa shape index (κ1) is 23.7. The summed E-state index contributed by atoms with van der Waals surface area (Å²) in [6, 6.07) is -1.38. The SMILES string of the molecule is CN=C(NCCN1CCCCCC1)N1CCN(C(C)C(F)(F)F)CC1.I. The van der Waals surface area contributed by atoms with Crippen LogP contribution < -0.4 is 5.32 Å². The maximum atomic E-state index is 12.8. The summed E-state index contributed by atoms with van der Waals surface area (Å²) in [7, 11) is 1.74. The number of piperazine rings is 1. The van der Waals surface area contributed by atoms with Crippen LogP contribution in [0, 0.1) is 0 Å². The Hall–Kier alpha value is -0.290. The molecule has 2 fully saturated rings. The molecule has 2 heterocycles. The summed E-state index contributed by atoms with van der Waals surface area (Å²) >= 11 is 0. The second-order valence-electron chi connectivity index (χ2n) is 6.97. The fraction of sp³-hybridized carbons (Fsp3) is 0.941. The number of alkyl halides is 3. The summed E-state index contributed by atoms with van der Waals surface area (Å²) in [5, 5.41) is 3.37. The van der Waals surface area contributed by atoms with Crippen LogP contribution in [0.1, 0.15) is 32.6 Å². The highest BCUT2D eigenvalue weighted by Gasteiger charge is 2.41. The fourth-order valence-electron chi connectivity index (χ4n) is 3.55. The Bertz CT molecular complexity index is 417. The van der Waals surface area contributed by atoms with Gasteiger partial charge in [-0.15, -0.1) is 24.0 Å². The van der Waals surface area contributed by atoms with Gasteiger partial charge in [0.05, 0.1) is 0 Å². The highest BCUT2D eigenvalue weighted by molar-refractivity contribution is 14.0. The molecule has 0 aromatic heterocycles. The van der Waals surface area contributed by atoms with E-state index in [1.807, 2.05) is 0 Å². The van der Waals surface area contributed by atoms with Crippen LogP contribution in [0.15, 0.2) is 4.99 Å². The van der Waals surface area contributed by atoms with Crippen LogP contribution in [0.25, 0.3) is 0 Å². The van der Waals surface area contributed by atoms with E-state index in [0.717, 1.165) is 32.1 Å². The molecule has 5 nitrogen and oxygen atoms in total. The van der Waals surface area contributed by atoms with E-state index in [2.05, 4.69) is 20.1 Å². The normalized spacial score (nSPS) is 22.5. The van der Waals surface area contributed by atoms with E-state index < -0.39 is 12.2 Å². The standard InChI is InChI=1S/C17H32F3N5.HI/c1-15(17(18,19)20)24-11-13-25(14-12-24)16(21-2)22-7-10-23-8-5-3-4-6-9-23;/h15H,3-14H2,1-2H3,(H,21,22);1H. The molecule has 1 atom stereocenters. The van der Waals surface area contributed by atoms with Crippen molar-refractivity contribution in [2.24, 2.45) is 4.99 Å². The van der Waals surface area contributed by atoms with E-state index in [-0.39, 0.29) is 24.0 Å². The van der Waals surface area contributed by atoms with Crippen LogP contribution in [0.3, 0.4) is 0 Å². The van der Waals surface area contributed by atoms with Gasteiger partial charge in [0.2, 0.25) is 0 Å². The van der Waals surface area contributed by atoms with Crippen molar-refractivity contribution in [2.75, 3.05) is 59.4 Å². The molecular weight excluding hydrogens is 458 g/mol. The lowest BCUT2D eigenvalue weighted by Crippen LogP contribution is -2.57. The summed E-state index contributed by atoms with van der Waals surface area (Å²) < 4.78 is 38.5. The third kappa shape index (κ3) is 7.38. The van der Waals surface area contributed by atoms with Gasteiger partial charge in [0, 0.05) is 46.3 Å². The fourth-order valence-corrected chi connectivity index (χ4v) is 3.55. The molecule has 0 spiro atoms. The highest BCUT2D eigenvalue weighted by Crippen LogP contribution is 2.25. The molecule has 2 aliphatic heterocycles. The van der Waals surface area contributed by atoms with Gasteiger partial charge in [0.15, 0.2) is 5.96 Å². The van der Waals surface area contributed by atoms with Gasteiger partial charge in [-0.05, 0) is 32.9 Å². The molecular formula is C17H33F3IN5. The van der Waals surface area contributed by atoms with Gasteiger partial charge in [-0.3, -0.25) is 9.89 Å². The van der Waals surface area contributed by atoms with Gasteiger partial charge in [-0.25, -0.2) is 0 Å². The van der Waals surface area contributed by atoms with Crippen LogP contribution in [0.5, 0.6) is 0 Å². The Balaban J connectivity index is 0.00000338. The van der Waals surface area contributed by atoms with E-state index >= 15 is 0 Å². The van der Waals surface area contributed by atoms with Crippen LogP contribution in [0.4, 0.5) is 13.2 Å². The minimum atomic E-state index is -4.16. The number of hydrogen-bond acceptors (Lipinski definition) is 3. The molecule has 2 saturated heterocycles. The Morgan fingerprint density at radius 3 is 2.08 bits per heavy atom. The number of aliphatic imine (C=N–C) groups is 1. The molecule has 0 aliphatic carbocycles. The summed E-state index contributed by atoms with van der Waals surface area (Å²) in [5.74, 6) is 0.800. The number of halogens is 4. The molecule has 0 bridgehead atoms. The Labute approximate surface area is 172 Å². The summed E-state index contributed by atoms with van der Waals surface area (Å²) in [6.07, 6.45) is 1.04. The Morgan fingerprint density at radius 2 is 1.58 bits per heavy atom. The van der Waals surface area contributed by atoms with Crippen molar-refractivity contribution in [1.82, 2.24) is 20.0 Å². The number of hydrogen-bond donors (Lipinski definition) is 1. The van der Waals surface area contributed by atoms with Gasteiger partial charge >= 0.3 is 6.18 Å².